The van der Waals surface area contributed by atoms with Crippen molar-refractivity contribution in [2.45, 2.75) is 64.5 Å². The first-order valence-electron chi connectivity index (χ1n) is 6.76. The summed E-state index contributed by atoms with van der Waals surface area (Å²) in [5.74, 6) is 1.22. The molecule has 0 aliphatic heterocycles. The van der Waals surface area contributed by atoms with E-state index in [1.54, 1.807) is 0 Å². The van der Waals surface area contributed by atoms with E-state index in [2.05, 4.69) is 31.0 Å². The van der Waals surface area contributed by atoms with E-state index in [-0.39, 0.29) is 0 Å². The van der Waals surface area contributed by atoms with Crippen molar-refractivity contribution in [3.05, 3.63) is 0 Å². The Morgan fingerprint density at radius 3 is 2.47 bits per heavy atom. The lowest BCUT2D eigenvalue weighted by molar-refractivity contribution is 0.122. The van der Waals surface area contributed by atoms with E-state index < -0.39 is 0 Å². The highest BCUT2D eigenvalue weighted by molar-refractivity contribution is 5.80. The summed E-state index contributed by atoms with van der Waals surface area (Å²) in [5.41, 5.74) is 5.61. The quantitative estimate of drug-likeness (QED) is 0.336. The standard InChI is InChI=1S/C13H27N3O/c1-4-11(9-13(14)15-17)16(3)12-7-5-10(2)6-8-12/h10-12,17H,4-9H2,1-3H3,(H2,14,15). The fourth-order valence-corrected chi connectivity index (χ4v) is 2.81. The molecular weight excluding hydrogens is 214 g/mol. The number of nitrogens with zero attached hydrogens (tertiary/aromatic N) is 2. The van der Waals surface area contributed by atoms with Gasteiger partial charge in [0.1, 0.15) is 5.84 Å². The van der Waals surface area contributed by atoms with Gasteiger partial charge >= 0.3 is 0 Å². The second-order valence-electron chi connectivity index (χ2n) is 5.44. The second-order valence-corrected chi connectivity index (χ2v) is 5.44. The Bertz CT molecular complexity index is 247. The Morgan fingerprint density at radius 1 is 1.41 bits per heavy atom. The Labute approximate surface area is 105 Å². The average Bonchev–Trinajstić information content (AvgIpc) is 2.35. The summed E-state index contributed by atoms with van der Waals surface area (Å²) in [6.07, 6.45) is 6.92. The van der Waals surface area contributed by atoms with Crippen LogP contribution < -0.4 is 5.73 Å². The minimum Gasteiger partial charge on any atom is -0.409 e. The van der Waals surface area contributed by atoms with Gasteiger partial charge in [0.2, 0.25) is 0 Å². The Hall–Kier alpha value is -0.770. The number of oxime groups is 1. The Morgan fingerprint density at radius 2 is 2.00 bits per heavy atom. The van der Waals surface area contributed by atoms with Gasteiger partial charge in [0.05, 0.1) is 0 Å². The molecule has 0 aromatic rings. The minimum absolute atomic E-state index is 0.341. The molecule has 0 radical (unpaired) electrons. The van der Waals surface area contributed by atoms with Crippen LogP contribution in [-0.4, -0.2) is 35.1 Å². The van der Waals surface area contributed by atoms with Crippen LogP contribution in [-0.2, 0) is 0 Å². The summed E-state index contributed by atoms with van der Waals surface area (Å²) < 4.78 is 0. The predicted octanol–water partition coefficient (Wildman–Crippen LogP) is 2.41. The van der Waals surface area contributed by atoms with Crippen LogP contribution in [0.2, 0.25) is 0 Å². The third kappa shape index (κ3) is 4.19. The van der Waals surface area contributed by atoms with E-state index >= 15 is 0 Å². The molecule has 0 heterocycles. The molecule has 100 valence electrons. The molecule has 1 unspecified atom stereocenters. The molecule has 0 aromatic carbocycles. The average molecular weight is 241 g/mol. The smallest absolute Gasteiger partial charge is 0.140 e. The van der Waals surface area contributed by atoms with E-state index in [4.69, 9.17) is 10.9 Å². The molecule has 0 spiro atoms. The summed E-state index contributed by atoms with van der Waals surface area (Å²) >= 11 is 0. The van der Waals surface area contributed by atoms with E-state index in [1.165, 1.54) is 25.7 Å². The third-order valence-electron chi connectivity index (χ3n) is 4.18. The van der Waals surface area contributed by atoms with Gasteiger partial charge in [0.25, 0.3) is 0 Å². The molecule has 3 N–H and O–H groups in total. The molecular formula is C13H27N3O. The van der Waals surface area contributed by atoms with Gasteiger partial charge in [-0.3, -0.25) is 0 Å². The van der Waals surface area contributed by atoms with Crippen LogP contribution in [0.25, 0.3) is 0 Å². The lowest BCUT2D eigenvalue weighted by Crippen LogP contribution is -2.43. The number of hydrogen-bond acceptors (Lipinski definition) is 3. The lowest BCUT2D eigenvalue weighted by Gasteiger charge is -2.38. The van der Waals surface area contributed by atoms with Crippen LogP contribution in [0, 0.1) is 5.92 Å². The van der Waals surface area contributed by atoms with Crippen LogP contribution in [0.15, 0.2) is 5.16 Å². The van der Waals surface area contributed by atoms with Gasteiger partial charge in [-0.1, -0.05) is 19.0 Å². The first-order valence-corrected chi connectivity index (χ1v) is 6.76. The molecule has 0 bridgehead atoms. The summed E-state index contributed by atoms with van der Waals surface area (Å²) in [5, 5.41) is 11.7. The van der Waals surface area contributed by atoms with Crippen LogP contribution in [0.1, 0.15) is 52.4 Å². The molecule has 0 aromatic heterocycles. The van der Waals surface area contributed by atoms with Gasteiger partial charge in [-0.15, -0.1) is 0 Å². The Kier molecular flexibility index (Phi) is 5.75. The van der Waals surface area contributed by atoms with Gasteiger partial charge in [0, 0.05) is 18.5 Å². The van der Waals surface area contributed by atoms with Crippen LogP contribution in [0.5, 0.6) is 0 Å². The summed E-state index contributed by atoms with van der Waals surface area (Å²) in [7, 11) is 2.18. The fraction of sp³-hybridized carbons (Fsp3) is 0.923. The van der Waals surface area contributed by atoms with Crippen molar-refractivity contribution in [3.63, 3.8) is 0 Å². The maximum absolute atomic E-state index is 8.65. The van der Waals surface area contributed by atoms with Crippen LogP contribution in [0.3, 0.4) is 0 Å². The predicted molar refractivity (Wildman–Crippen MR) is 71.3 cm³/mol. The van der Waals surface area contributed by atoms with Gasteiger partial charge in [-0.05, 0) is 45.1 Å². The maximum atomic E-state index is 8.65. The number of nitrogens with two attached hydrogens (primary N) is 1. The lowest BCUT2D eigenvalue weighted by atomic mass is 9.86. The van der Waals surface area contributed by atoms with Gasteiger partial charge < -0.3 is 15.8 Å². The van der Waals surface area contributed by atoms with Gasteiger partial charge in [-0.2, -0.15) is 0 Å². The highest BCUT2D eigenvalue weighted by Gasteiger charge is 2.26. The minimum atomic E-state index is 0.341. The summed E-state index contributed by atoms with van der Waals surface area (Å²) in [6, 6.07) is 1.06. The molecule has 0 amide bonds. The SMILES string of the molecule is CCC(C/C(N)=N/O)N(C)C1CCC(C)CC1. The fourth-order valence-electron chi connectivity index (χ4n) is 2.81. The molecule has 17 heavy (non-hydrogen) atoms. The van der Waals surface area contributed by atoms with Crippen molar-refractivity contribution in [2.75, 3.05) is 7.05 Å². The maximum Gasteiger partial charge on any atom is 0.140 e. The summed E-state index contributed by atoms with van der Waals surface area (Å²) in [6.45, 7) is 4.50. The molecule has 1 fully saturated rings. The van der Waals surface area contributed by atoms with E-state index in [0.29, 0.717) is 24.3 Å². The van der Waals surface area contributed by atoms with Crippen molar-refractivity contribution in [1.29, 1.82) is 0 Å². The first-order chi connectivity index (χ1) is 8.08. The number of hydrogen-bond donors (Lipinski definition) is 2. The molecule has 1 aliphatic rings. The monoisotopic (exact) mass is 241 g/mol. The molecule has 0 saturated heterocycles. The second kappa shape index (κ2) is 6.84. The van der Waals surface area contributed by atoms with E-state index in [0.717, 1.165) is 12.3 Å². The van der Waals surface area contributed by atoms with Crippen molar-refractivity contribution in [3.8, 4) is 0 Å². The molecule has 4 nitrogen and oxygen atoms in total. The third-order valence-corrected chi connectivity index (χ3v) is 4.18. The Balaban J connectivity index is 2.50. The normalized spacial score (nSPS) is 28.4. The highest BCUT2D eigenvalue weighted by Crippen LogP contribution is 2.28. The largest absolute Gasteiger partial charge is 0.409 e. The van der Waals surface area contributed by atoms with Crippen molar-refractivity contribution >= 4 is 5.84 Å². The zero-order valence-corrected chi connectivity index (χ0v) is 11.4. The number of amidine groups is 1. The van der Waals surface area contributed by atoms with E-state index in [1.807, 2.05) is 0 Å². The first kappa shape index (κ1) is 14.3. The number of rotatable bonds is 5. The molecule has 1 atom stereocenters. The van der Waals surface area contributed by atoms with E-state index in [9.17, 15) is 0 Å². The van der Waals surface area contributed by atoms with Crippen LogP contribution in [0.4, 0.5) is 0 Å². The van der Waals surface area contributed by atoms with Crippen LogP contribution >= 0.6 is 0 Å². The highest BCUT2D eigenvalue weighted by atomic mass is 16.4. The van der Waals surface area contributed by atoms with Crippen molar-refractivity contribution < 1.29 is 5.21 Å². The zero-order valence-electron chi connectivity index (χ0n) is 11.4. The van der Waals surface area contributed by atoms with Gasteiger partial charge in [-0.25, -0.2) is 0 Å². The molecule has 1 aliphatic carbocycles. The molecule has 4 heteroatoms. The molecule has 1 rings (SSSR count). The zero-order chi connectivity index (χ0) is 12.8. The van der Waals surface area contributed by atoms with Crippen molar-refractivity contribution in [2.24, 2.45) is 16.8 Å². The van der Waals surface area contributed by atoms with Crippen molar-refractivity contribution in [1.82, 2.24) is 4.90 Å². The van der Waals surface area contributed by atoms with Gasteiger partial charge in [0.15, 0.2) is 0 Å². The molecule has 1 saturated carbocycles. The summed E-state index contributed by atoms with van der Waals surface area (Å²) in [4.78, 5) is 2.43. The topological polar surface area (TPSA) is 61.9 Å².